The Kier molecular flexibility index (Phi) is 9.55. The molecule has 0 amide bonds. The van der Waals surface area contributed by atoms with E-state index in [1.165, 1.54) is 0 Å². The number of hydrogen-bond acceptors (Lipinski definition) is 12. The van der Waals surface area contributed by atoms with E-state index in [1.807, 2.05) is 0 Å². The van der Waals surface area contributed by atoms with Crippen LogP contribution in [-0.2, 0) is 28.4 Å². The van der Waals surface area contributed by atoms with Crippen molar-refractivity contribution in [3.05, 3.63) is 0 Å². The Bertz CT molecular complexity index is 1230. The molecule has 4 aliphatic carbocycles. The fourth-order valence-electron chi connectivity index (χ4n) is 13.0. The molecule has 4 heterocycles. The van der Waals surface area contributed by atoms with Gasteiger partial charge in [0.1, 0.15) is 36.6 Å². The van der Waals surface area contributed by atoms with Gasteiger partial charge < -0.3 is 59.1 Å². The molecule has 12 heteroatoms. The highest BCUT2D eigenvalue weighted by molar-refractivity contribution is 5.16. The van der Waals surface area contributed by atoms with Crippen LogP contribution < -0.4 is 0 Å². The number of hydrogen-bond donors (Lipinski definition) is 6. The van der Waals surface area contributed by atoms with Crippen molar-refractivity contribution in [2.75, 3.05) is 13.2 Å². The van der Waals surface area contributed by atoms with Crippen molar-refractivity contribution in [2.24, 2.45) is 52.3 Å². The van der Waals surface area contributed by atoms with Crippen LogP contribution in [0.2, 0.25) is 0 Å². The van der Waals surface area contributed by atoms with E-state index in [2.05, 4.69) is 27.7 Å². The minimum atomic E-state index is -1.59. The average molecular weight is 711 g/mol. The van der Waals surface area contributed by atoms with Gasteiger partial charge in [0.2, 0.25) is 0 Å². The van der Waals surface area contributed by atoms with Crippen molar-refractivity contribution in [1.82, 2.24) is 0 Å². The highest BCUT2D eigenvalue weighted by Crippen LogP contribution is 2.71. The molecule has 50 heavy (non-hydrogen) atoms. The quantitative estimate of drug-likeness (QED) is 0.251. The third-order valence-electron chi connectivity index (χ3n) is 15.8. The van der Waals surface area contributed by atoms with Gasteiger partial charge in [-0.2, -0.15) is 0 Å². The van der Waals surface area contributed by atoms with Gasteiger partial charge in [0.05, 0.1) is 37.6 Å². The number of aliphatic hydroxyl groups excluding tert-OH is 6. The van der Waals surface area contributed by atoms with Crippen molar-refractivity contribution in [2.45, 2.75) is 172 Å². The summed E-state index contributed by atoms with van der Waals surface area (Å²) in [7, 11) is 0. The Morgan fingerprint density at radius 3 is 2.24 bits per heavy atom. The second kappa shape index (κ2) is 13.1. The average Bonchev–Trinajstić information content (AvgIpc) is 3.53. The van der Waals surface area contributed by atoms with Gasteiger partial charge in [-0.3, -0.25) is 0 Å². The highest BCUT2D eigenvalue weighted by Gasteiger charge is 2.70. The van der Waals surface area contributed by atoms with Crippen LogP contribution in [0.1, 0.15) is 92.4 Å². The zero-order valence-electron chi connectivity index (χ0n) is 30.4. The monoisotopic (exact) mass is 710 g/mol. The van der Waals surface area contributed by atoms with Gasteiger partial charge in [-0.05, 0) is 98.2 Å². The summed E-state index contributed by atoms with van der Waals surface area (Å²) < 4.78 is 38.1. The summed E-state index contributed by atoms with van der Waals surface area (Å²) in [6, 6.07) is 0. The lowest BCUT2D eigenvalue weighted by Crippen LogP contribution is -2.64. The maximum Gasteiger partial charge on any atom is 0.187 e. The molecular formula is C38H62O12. The first-order valence-corrected chi connectivity index (χ1v) is 19.7. The first kappa shape index (κ1) is 36.5. The van der Waals surface area contributed by atoms with E-state index >= 15 is 0 Å². The van der Waals surface area contributed by atoms with Crippen molar-refractivity contribution in [3.8, 4) is 0 Å². The normalized spacial score (nSPS) is 60.9. The van der Waals surface area contributed by atoms with Gasteiger partial charge >= 0.3 is 0 Å². The molecule has 286 valence electrons. The molecule has 12 nitrogen and oxygen atoms in total. The van der Waals surface area contributed by atoms with E-state index < -0.39 is 73.3 Å². The number of aliphatic hydroxyl groups is 6. The van der Waals surface area contributed by atoms with Gasteiger partial charge in [-0.15, -0.1) is 0 Å². The molecule has 0 aromatic rings. The molecule has 4 saturated carbocycles. The molecule has 6 N–H and O–H groups in total. The molecule has 8 rings (SSSR count). The first-order valence-electron chi connectivity index (χ1n) is 19.7. The van der Waals surface area contributed by atoms with Gasteiger partial charge in [-0.1, -0.05) is 27.7 Å². The van der Waals surface area contributed by atoms with Crippen LogP contribution in [0, 0.1) is 52.3 Å². The molecule has 0 radical (unpaired) electrons. The van der Waals surface area contributed by atoms with Gasteiger partial charge in [0.15, 0.2) is 18.4 Å². The zero-order valence-corrected chi connectivity index (χ0v) is 30.4. The number of rotatable bonds is 4. The maximum atomic E-state index is 11.2. The van der Waals surface area contributed by atoms with E-state index in [-0.39, 0.29) is 29.5 Å². The summed E-state index contributed by atoms with van der Waals surface area (Å²) in [4.78, 5) is 0. The van der Waals surface area contributed by atoms with E-state index in [0.29, 0.717) is 41.9 Å². The molecule has 0 aromatic heterocycles. The minimum Gasteiger partial charge on any atom is -0.393 e. The predicted octanol–water partition coefficient (Wildman–Crippen LogP) is 2.08. The minimum absolute atomic E-state index is 0.163. The molecule has 0 bridgehead atoms. The van der Waals surface area contributed by atoms with Gasteiger partial charge in [0.25, 0.3) is 0 Å². The van der Waals surface area contributed by atoms with Crippen LogP contribution in [0.3, 0.4) is 0 Å². The molecule has 8 aliphatic rings. The maximum absolute atomic E-state index is 11.2. The van der Waals surface area contributed by atoms with Crippen LogP contribution in [0.5, 0.6) is 0 Å². The molecular weight excluding hydrogens is 648 g/mol. The van der Waals surface area contributed by atoms with Crippen LogP contribution in [0.4, 0.5) is 0 Å². The summed E-state index contributed by atoms with van der Waals surface area (Å²) in [6.07, 6.45) is -3.88. The van der Waals surface area contributed by atoms with E-state index in [4.69, 9.17) is 28.4 Å². The van der Waals surface area contributed by atoms with E-state index in [1.54, 1.807) is 6.92 Å². The van der Waals surface area contributed by atoms with Crippen molar-refractivity contribution >= 4 is 0 Å². The molecule has 0 aromatic carbocycles. The Morgan fingerprint density at radius 2 is 1.50 bits per heavy atom. The number of fused-ring (bicyclic) bond motifs is 7. The third-order valence-corrected chi connectivity index (χ3v) is 15.8. The fraction of sp³-hybridized carbons (Fsp3) is 1.00. The Labute approximate surface area is 296 Å². The predicted molar refractivity (Wildman–Crippen MR) is 177 cm³/mol. The topological polar surface area (TPSA) is 177 Å². The lowest BCUT2D eigenvalue weighted by atomic mass is 9.43. The van der Waals surface area contributed by atoms with Gasteiger partial charge in [-0.25, -0.2) is 0 Å². The molecule has 8 fully saturated rings. The lowest BCUT2D eigenvalue weighted by Gasteiger charge is -2.63. The Hall–Kier alpha value is -0.480. The standard InChI is InChI=1S/C38H62O12/c1-17-8-11-38(46-15-17)18(2)28-26(50-38)14-24-22-7-6-20-12-21(39)13-27(37(20,5)23(22)9-10-36(24,28)4)48-35-33(30(42)25(40)16-45-35)49-34-32(44)31(43)29(41)19(3)47-34/h17-35,39-44H,6-16H2,1-5H3/t17-,18+,19+,20-,21-,22-,23+,24+,25-,26+,27-,28+,29+,30+,31-,32-,33-,34+,35+,36+,37+,38+/m1/s1. The van der Waals surface area contributed by atoms with Crippen molar-refractivity contribution in [3.63, 3.8) is 0 Å². The smallest absolute Gasteiger partial charge is 0.187 e. The first-order chi connectivity index (χ1) is 23.7. The van der Waals surface area contributed by atoms with Crippen LogP contribution in [0.15, 0.2) is 0 Å². The van der Waals surface area contributed by atoms with Crippen LogP contribution in [-0.4, -0.2) is 123 Å². The van der Waals surface area contributed by atoms with E-state index in [0.717, 1.165) is 58.0 Å². The summed E-state index contributed by atoms with van der Waals surface area (Å²) >= 11 is 0. The van der Waals surface area contributed by atoms with Crippen molar-refractivity contribution in [1.29, 1.82) is 0 Å². The second-order valence-corrected chi connectivity index (χ2v) is 18.3. The van der Waals surface area contributed by atoms with Crippen LogP contribution in [0.25, 0.3) is 0 Å². The fourth-order valence-corrected chi connectivity index (χ4v) is 13.0. The highest BCUT2D eigenvalue weighted by atomic mass is 16.8. The van der Waals surface area contributed by atoms with Crippen molar-refractivity contribution < 1.29 is 59.1 Å². The summed E-state index contributed by atoms with van der Waals surface area (Å²) in [5, 5.41) is 64.2. The SMILES string of the molecule is C[C@@H]1CC[C@]2(OC1)O[C@H]1C[C@H]3[C@@H]4CC[C@@H]5C[C@@H](O)C[C@@H](O[C@@H]6OC[C@@H](O)[C@H](O)[C@H]6O[C@@H]6O[C@@H](C)[C@H](O)[C@@H](O)[C@H]6O)[C@]5(C)[C@H]4CC[C@]3(C)[C@H]1[C@@H]2C. The summed E-state index contributed by atoms with van der Waals surface area (Å²) in [5.74, 6) is 2.58. The second-order valence-electron chi connectivity index (χ2n) is 18.3. The molecule has 0 unspecified atom stereocenters. The summed E-state index contributed by atoms with van der Waals surface area (Å²) in [6.45, 7) is 11.6. The molecule has 4 saturated heterocycles. The Morgan fingerprint density at radius 1 is 0.720 bits per heavy atom. The van der Waals surface area contributed by atoms with E-state index in [9.17, 15) is 30.6 Å². The largest absolute Gasteiger partial charge is 0.393 e. The zero-order chi connectivity index (χ0) is 35.5. The molecule has 22 atom stereocenters. The van der Waals surface area contributed by atoms with Crippen LogP contribution >= 0.6 is 0 Å². The molecule has 1 spiro atoms. The number of ether oxygens (including phenoxy) is 6. The third kappa shape index (κ3) is 5.52. The lowest BCUT2D eigenvalue weighted by molar-refractivity contribution is -0.366. The summed E-state index contributed by atoms with van der Waals surface area (Å²) in [5.41, 5.74) is -0.112. The molecule has 4 aliphatic heterocycles. The van der Waals surface area contributed by atoms with Gasteiger partial charge in [0, 0.05) is 18.8 Å². The Balaban J connectivity index is 1.03.